The van der Waals surface area contributed by atoms with Crippen LogP contribution in [0.3, 0.4) is 0 Å². The summed E-state index contributed by atoms with van der Waals surface area (Å²) in [6.45, 7) is 8.65. The van der Waals surface area contributed by atoms with Gasteiger partial charge in [-0.2, -0.15) is 0 Å². The lowest BCUT2D eigenvalue weighted by molar-refractivity contribution is 0.0465. The largest absolute Gasteiger partial charge is 0.465 e. The number of anilines is 2. The molecule has 11 heteroatoms. The van der Waals surface area contributed by atoms with Crippen LogP contribution in [0, 0.1) is 6.92 Å². The minimum Gasteiger partial charge on any atom is -0.465 e. The number of nitrogens with zero attached hydrogens (tertiary/aromatic N) is 2. The van der Waals surface area contributed by atoms with E-state index in [0.717, 1.165) is 24.4 Å². The first-order valence-electron chi connectivity index (χ1n) is 11.1. The van der Waals surface area contributed by atoms with Crippen molar-refractivity contribution in [1.82, 2.24) is 9.80 Å². The van der Waals surface area contributed by atoms with Crippen LogP contribution in [0.15, 0.2) is 24.3 Å². The number of amides is 1. The van der Waals surface area contributed by atoms with Crippen LogP contribution in [0.25, 0.3) is 0 Å². The van der Waals surface area contributed by atoms with E-state index in [4.69, 9.17) is 21.7 Å². The molecule has 0 bridgehead atoms. The van der Waals surface area contributed by atoms with Crippen LogP contribution in [-0.4, -0.2) is 80.2 Å². The average molecular weight is 521 g/mol. The van der Waals surface area contributed by atoms with Gasteiger partial charge in [-0.15, -0.1) is 11.3 Å². The van der Waals surface area contributed by atoms with Crippen LogP contribution >= 0.6 is 23.6 Å². The number of methoxy groups -OCH3 is 1. The number of rotatable bonds is 10. The van der Waals surface area contributed by atoms with E-state index in [9.17, 15) is 14.4 Å². The van der Waals surface area contributed by atoms with Crippen molar-refractivity contribution in [3.05, 3.63) is 45.8 Å². The third-order valence-corrected chi connectivity index (χ3v) is 6.68. The number of carbonyl (C=O) groups is 3. The molecule has 1 aromatic carbocycles. The fraction of sp³-hybridized carbons (Fsp3) is 0.417. The normalized spacial score (nSPS) is 10.6. The van der Waals surface area contributed by atoms with Crippen molar-refractivity contribution in [2.45, 2.75) is 20.8 Å². The van der Waals surface area contributed by atoms with Crippen molar-refractivity contribution in [3.63, 3.8) is 0 Å². The lowest BCUT2D eigenvalue weighted by atomic mass is 10.1. The number of carbonyl (C=O) groups excluding carboxylic acids is 3. The standard InChI is InChI=1S/C24H32N4O5S2/c1-7-28(8-2)13-14-33-22(30)16-9-11-17(12-10-16)25-24(34)26-20-18(23(31)32-6)15(3)19(35-20)21(29)27(4)5/h9-12H,7-8,13-14H2,1-6H3,(H2,25,26,34). The SMILES string of the molecule is CCN(CC)CCOC(=O)c1ccc(NC(=S)Nc2sc(C(=O)N(C)C)c(C)c2C(=O)OC)cc1. The molecule has 1 amide bonds. The summed E-state index contributed by atoms with van der Waals surface area (Å²) in [5, 5.41) is 6.63. The minimum absolute atomic E-state index is 0.217. The molecule has 0 aliphatic carbocycles. The highest BCUT2D eigenvalue weighted by atomic mass is 32.1. The Morgan fingerprint density at radius 1 is 1.03 bits per heavy atom. The molecule has 2 rings (SSSR count). The summed E-state index contributed by atoms with van der Waals surface area (Å²) in [5.41, 5.74) is 1.85. The third kappa shape index (κ3) is 7.48. The molecule has 0 aliphatic heterocycles. The van der Waals surface area contributed by atoms with Gasteiger partial charge in [0.2, 0.25) is 0 Å². The van der Waals surface area contributed by atoms with E-state index in [1.54, 1.807) is 45.3 Å². The predicted molar refractivity (Wildman–Crippen MR) is 143 cm³/mol. The van der Waals surface area contributed by atoms with Gasteiger partial charge in [0.1, 0.15) is 11.6 Å². The highest BCUT2D eigenvalue weighted by Crippen LogP contribution is 2.34. The number of hydrogen-bond donors (Lipinski definition) is 2. The first-order valence-corrected chi connectivity index (χ1v) is 12.4. The van der Waals surface area contributed by atoms with E-state index in [2.05, 4.69) is 29.4 Å². The number of likely N-dealkylation sites (N-methyl/N-ethyl adjacent to an activating group) is 1. The predicted octanol–water partition coefficient (Wildman–Crippen LogP) is 3.85. The van der Waals surface area contributed by atoms with Crippen molar-refractivity contribution in [1.29, 1.82) is 0 Å². The monoisotopic (exact) mass is 520 g/mol. The summed E-state index contributed by atoms with van der Waals surface area (Å²) in [6.07, 6.45) is 0. The summed E-state index contributed by atoms with van der Waals surface area (Å²) in [6, 6.07) is 6.70. The third-order valence-electron chi connectivity index (χ3n) is 5.28. The van der Waals surface area contributed by atoms with Crippen LogP contribution in [0.2, 0.25) is 0 Å². The zero-order valence-electron chi connectivity index (χ0n) is 20.9. The fourth-order valence-electron chi connectivity index (χ4n) is 3.20. The summed E-state index contributed by atoms with van der Waals surface area (Å²) in [5.74, 6) is -1.17. The van der Waals surface area contributed by atoms with Crippen LogP contribution in [0.4, 0.5) is 10.7 Å². The van der Waals surface area contributed by atoms with E-state index in [1.165, 1.54) is 12.0 Å². The molecule has 0 saturated heterocycles. The molecular weight excluding hydrogens is 488 g/mol. The molecule has 1 aromatic heterocycles. The summed E-state index contributed by atoms with van der Waals surface area (Å²) in [7, 11) is 4.57. The molecule has 9 nitrogen and oxygen atoms in total. The number of nitrogens with one attached hydrogen (secondary N) is 2. The topological polar surface area (TPSA) is 100 Å². The highest BCUT2D eigenvalue weighted by Gasteiger charge is 2.26. The molecule has 1 heterocycles. The molecule has 190 valence electrons. The lowest BCUT2D eigenvalue weighted by Crippen LogP contribution is -2.27. The van der Waals surface area contributed by atoms with Crippen molar-refractivity contribution in [2.75, 3.05) is 58.1 Å². The molecule has 2 N–H and O–H groups in total. The van der Waals surface area contributed by atoms with Crippen molar-refractivity contribution >= 4 is 57.2 Å². The van der Waals surface area contributed by atoms with E-state index in [0.29, 0.717) is 39.8 Å². The molecule has 0 aliphatic rings. The van der Waals surface area contributed by atoms with Crippen LogP contribution in [0.5, 0.6) is 0 Å². The fourth-order valence-corrected chi connectivity index (χ4v) is 4.71. The van der Waals surface area contributed by atoms with Gasteiger partial charge in [0, 0.05) is 26.3 Å². The Hall–Kier alpha value is -3.02. The first-order chi connectivity index (χ1) is 16.6. The van der Waals surface area contributed by atoms with Gasteiger partial charge in [-0.3, -0.25) is 4.79 Å². The lowest BCUT2D eigenvalue weighted by Gasteiger charge is -2.17. The highest BCUT2D eigenvalue weighted by molar-refractivity contribution is 7.80. The van der Waals surface area contributed by atoms with Gasteiger partial charge in [0.05, 0.1) is 23.1 Å². The maximum Gasteiger partial charge on any atom is 0.341 e. The van der Waals surface area contributed by atoms with Gasteiger partial charge >= 0.3 is 11.9 Å². The smallest absolute Gasteiger partial charge is 0.341 e. The van der Waals surface area contributed by atoms with Crippen molar-refractivity contribution in [3.8, 4) is 0 Å². The van der Waals surface area contributed by atoms with Gasteiger partial charge in [-0.05, 0) is 62.1 Å². The van der Waals surface area contributed by atoms with Gasteiger partial charge in [-0.25, -0.2) is 9.59 Å². The Morgan fingerprint density at radius 2 is 1.66 bits per heavy atom. The molecule has 0 atom stereocenters. The van der Waals surface area contributed by atoms with Gasteiger partial charge in [0.25, 0.3) is 5.91 Å². The number of ether oxygens (including phenoxy) is 2. The second-order valence-electron chi connectivity index (χ2n) is 7.77. The Kier molecular flexibility index (Phi) is 10.6. The zero-order valence-corrected chi connectivity index (χ0v) is 22.5. The maximum absolute atomic E-state index is 12.5. The number of thiophene rings is 1. The summed E-state index contributed by atoms with van der Waals surface area (Å²) < 4.78 is 10.2. The van der Waals surface area contributed by atoms with Gasteiger partial charge in [-0.1, -0.05) is 13.8 Å². The average Bonchev–Trinajstić information content (AvgIpc) is 3.16. The summed E-state index contributed by atoms with van der Waals surface area (Å²) >= 11 is 6.53. The number of benzene rings is 1. The van der Waals surface area contributed by atoms with E-state index in [-0.39, 0.29) is 22.6 Å². The Labute approximate surface area is 215 Å². The summed E-state index contributed by atoms with van der Waals surface area (Å²) in [4.78, 5) is 41.2. The van der Waals surface area contributed by atoms with Gasteiger partial charge < -0.3 is 29.9 Å². The quantitative estimate of drug-likeness (QED) is 0.357. The maximum atomic E-state index is 12.5. The zero-order chi connectivity index (χ0) is 26.1. The molecule has 0 unspecified atom stereocenters. The molecule has 0 fully saturated rings. The Balaban J connectivity index is 2.06. The van der Waals surface area contributed by atoms with Gasteiger partial charge in [0.15, 0.2) is 5.11 Å². The molecule has 0 spiro atoms. The molecular formula is C24H32N4O5S2. The molecule has 0 saturated carbocycles. The van der Waals surface area contributed by atoms with Crippen LogP contribution < -0.4 is 10.6 Å². The van der Waals surface area contributed by atoms with E-state index in [1.807, 2.05) is 0 Å². The first kappa shape index (κ1) is 28.2. The van der Waals surface area contributed by atoms with Crippen molar-refractivity contribution < 1.29 is 23.9 Å². The molecule has 2 aromatic rings. The van der Waals surface area contributed by atoms with E-state index < -0.39 is 5.97 Å². The molecule has 35 heavy (non-hydrogen) atoms. The molecule has 0 radical (unpaired) electrons. The van der Waals surface area contributed by atoms with Crippen LogP contribution in [0.1, 0.15) is 49.8 Å². The Bertz CT molecular complexity index is 1060. The number of esters is 2. The number of hydrogen-bond acceptors (Lipinski definition) is 8. The number of thiocarbonyl (C=S) groups is 1. The van der Waals surface area contributed by atoms with Crippen LogP contribution in [-0.2, 0) is 9.47 Å². The Morgan fingerprint density at radius 3 is 2.20 bits per heavy atom. The van der Waals surface area contributed by atoms with Crippen molar-refractivity contribution in [2.24, 2.45) is 0 Å². The minimum atomic E-state index is -0.564. The second-order valence-corrected chi connectivity index (χ2v) is 9.20. The second kappa shape index (κ2) is 13.2. The van der Waals surface area contributed by atoms with E-state index >= 15 is 0 Å².